The first-order chi connectivity index (χ1) is 16.2. The van der Waals surface area contributed by atoms with Gasteiger partial charge in [-0.05, 0) is 50.3 Å². The van der Waals surface area contributed by atoms with E-state index in [1.165, 1.54) is 11.1 Å². The van der Waals surface area contributed by atoms with Crippen molar-refractivity contribution in [3.8, 4) is 5.75 Å². The normalized spacial score (nSPS) is 39.4. The number of nitrogens with one attached hydrogen (secondary N) is 1. The zero-order valence-electron chi connectivity index (χ0n) is 20.0. The van der Waals surface area contributed by atoms with Crippen molar-refractivity contribution in [1.29, 1.82) is 0 Å². The van der Waals surface area contributed by atoms with Gasteiger partial charge in [0.05, 0.1) is 39.6 Å². The molecule has 7 nitrogen and oxygen atoms in total. The lowest BCUT2D eigenvalue weighted by atomic mass is 9.36. The van der Waals surface area contributed by atoms with Gasteiger partial charge < -0.3 is 28.4 Å². The fraction of sp³-hybridized carbons (Fsp3) is 0.769. The molecule has 33 heavy (non-hydrogen) atoms. The molecule has 1 aromatic rings. The number of benzene rings is 1. The number of hydrogen-bond donors (Lipinski definition) is 1. The van der Waals surface area contributed by atoms with Gasteiger partial charge in [-0.2, -0.15) is 0 Å². The lowest BCUT2D eigenvalue weighted by Crippen LogP contribution is -2.83. The summed E-state index contributed by atoms with van der Waals surface area (Å²) >= 11 is 0. The number of methoxy groups -OCH3 is 2. The van der Waals surface area contributed by atoms with Crippen LogP contribution in [-0.4, -0.2) is 77.8 Å². The van der Waals surface area contributed by atoms with Crippen molar-refractivity contribution in [3.63, 3.8) is 0 Å². The van der Waals surface area contributed by atoms with Gasteiger partial charge in [0.25, 0.3) is 0 Å². The van der Waals surface area contributed by atoms with Crippen LogP contribution in [0.15, 0.2) is 18.2 Å². The van der Waals surface area contributed by atoms with Gasteiger partial charge in [0.15, 0.2) is 0 Å². The second-order valence-corrected chi connectivity index (χ2v) is 10.4. The Kier molecular flexibility index (Phi) is 5.51. The van der Waals surface area contributed by atoms with Crippen molar-refractivity contribution in [1.82, 2.24) is 5.32 Å². The molecule has 6 aliphatic rings. The highest BCUT2D eigenvalue weighted by Crippen LogP contribution is 2.76. The maximum atomic E-state index is 6.85. The third-order valence-corrected chi connectivity index (χ3v) is 9.44. The Bertz CT molecular complexity index is 884. The van der Waals surface area contributed by atoms with Gasteiger partial charge in [-0.1, -0.05) is 12.1 Å². The van der Waals surface area contributed by atoms with E-state index in [4.69, 9.17) is 28.4 Å². The molecule has 7 heteroatoms. The molecule has 4 fully saturated rings. The summed E-state index contributed by atoms with van der Waals surface area (Å²) in [6, 6.07) is 6.58. The second-order valence-electron chi connectivity index (χ2n) is 10.4. The highest BCUT2D eigenvalue weighted by atomic mass is 16.6. The van der Waals surface area contributed by atoms with E-state index in [1.54, 1.807) is 7.11 Å². The molecule has 3 unspecified atom stereocenters. The Labute approximate surface area is 196 Å². The maximum absolute atomic E-state index is 6.85. The number of rotatable bonds is 11. The van der Waals surface area contributed by atoms with Gasteiger partial charge in [-0.15, -0.1) is 0 Å². The Morgan fingerprint density at radius 1 is 0.939 bits per heavy atom. The SMILES string of the molecule is COCCOCCOCCOC12CCC3(CC1)C1(OC)Cc4cccc5c4C3(CCN1)C2O5. The van der Waals surface area contributed by atoms with Crippen LogP contribution < -0.4 is 10.1 Å². The monoisotopic (exact) mass is 459 g/mol. The van der Waals surface area contributed by atoms with Crippen LogP contribution in [0.3, 0.4) is 0 Å². The van der Waals surface area contributed by atoms with E-state index >= 15 is 0 Å². The summed E-state index contributed by atoms with van der Waals surface area (Å²) in [7, 11) is 3.57. The Balaban J connectivity index is 1.22. The first-order valence-corrected chi connectivity index (χ1v) is 12.5. The lowest BCUT2D eigenvalue weighted by Gasteiger charge is -2.73. The van der Waals surface area contributed by atoms with E-state index in [2.05, 4.69) is 23.5 Å². The van der Waals surface area contributed by atoms with Crippen LogP contribution in [0.25, 0.3) is 0 Å². The minimum atomic E-state index is -0.318. The number of piperidine rings is 1. The van der Waals surface area contributed by atoms with Gasteiger partial charge >= 0.3 is 0 Å². The van der Waals surface area contributed by atoms with Crippen LogP contribution in [0.4, 0.5) is 0 Å². The summed E-state index contributed by atoms with van der Waals surface area (Å²) in [6.45, 7) is 4.47. The van der Waals surface area contributed by atoms with Gasteiger partial charge in [0.1, 0.15) is 23.2 Å². The molecular weight excluding hydrogens is 422 g/mol. The third kappa shape index (κ3) is 2.84. The summed E-state index contributed by atoms with van der Waals surface area (Å²) in [4.78, 5) is 0. The van der Waals surface area contributed by atoms with Gasteiger partial charge in [-0.25, -0.2) is 0 Å². The zero-order valence-corrected chi connectivity index (χ0v) is 20.0. The van der Waals surface area contributed by atoms with Gasteiger partial charge in [-0.3, -0.25) is 5.32 Å². The van der Waals surface area contributed by atoms with Crippen LogP contribution >= 0.6 is 0 Å². The Morgan fingerprint density at radius 3 is 2.45 bits per heavy atom. The van der Waals surface area contributed by atoms with Crippen molar-refractivity contribution in [2.45, 2.75) is 61.4 Å². The van der Waals surface area contributed by atoms with Crippen molar-refractivity contribution in [2.75, 3.05) is 60.4 Å². The Hall–Kier alpha value is -1.22. The molecule has 2 heterocycles. The fourth-order valence-corrected chi connectivity index (χ4v) is 8.26. The predicted octanol–water partition coefficient (Wildman–Crippen LogP) is 2.59. The summed E-state index contributed by atoms with van der Waals surface area (Å²) in [5.41, 5.74) is 2.28. The predicted molar refractivity (Wildman–Crippen MR) is 122 cm³/mol. The summed E-state index contributed by atoms with van der Waals surface area (Å²) < 4.78 is 36.2. The quantitative estimate of drug-likeness (QED) is 0.510. The van der Waals surface area contributed by atoms with Gasteiger partial charge in [0, 0.05) is 37.0 Å². The third-order valence-electron chi connectivity index (χ3n) is 9.44. The van der Waals surface area contributed by atoms with E-state index < -0.39 is 0 Å². The molecular formula is C26H37NO6. The van der Waals surface area contributed by atoms with E-state index in [0.29, 0.717) is 39.6 Å². The molecule has 1 aromatic carbocycles. The van der Waals surface area contributed by atoms with Crippen LogP contribution in [0.2, 0.25) is 0 Å². The Morgan fingerprint density at radius 2 is 1.70 bits per heavy atom. The van der Waals surface area contributed by atoms with Gasteiger partial charge in [0.2, 0.25) is 0 Å². The smallest absolute Gasteiger partial charge is 0.138 e. The summed E-state index contributed by atoms with van der Waals surface area (Å²) in [5.74, 6) is 1.08. The van der Waals surface area contributed by atoms with Crippen molar-refractivity contribution in [2.24, 2.45) is 5.41 Å². The minimum Gasteiger partial charge on any atom is -0.486 e. The van der Waals surface area contributed by atoms with Crippen molar-refractivity contribution in [3.05, 3.63) is 29.3 Å². The lowest BCUT2D eigenvalue weighted by molar-refractivity contribution is -0.303. The molecule has 4 aliphatic carbocycles. The number of fused-ring (bicyclic) bond motifs is 2. The van der Waals surface area contributed by atoms with Crippen LogP contribution in [0.5, 0.6) is 5.75 Å². The molecule has 1 N–H and O–H groups in total. The molecule has 0 aromatic heterocycles. The largest absolute Gasteiger partial charge is 0.486 e. The fourth-order valence-electron chi connectivity index (χ4n) is 8.26. The zero-order chi connectivity index (χ0) is 22.6. The molecule has 0 radical (unpaired) electrons. The van der Waals surface area contributed by atoms with Crippen molar-refractivity contribution >= 4 is 0 Å². The molecule has 2 aliphatic heterocycles. The van der Waals surface area contributed by atoms with E-state index in [-0.39, 0.29) is 28.3 Å². The van der Waals surface area contributed by atoms with E-state index in [1.807, 2.05) is 7.11 Å². The molecule has 7 rings (SSSR count). The topological polar surface area (TPSA) is 67.4 Å². The van der Waals surface area contributed by atoms with Crippen LogP contribution in [-0.2, 0) is 35.5 Å². The second kappa shape index (κ2) is 8.18. The molecule has 3 atom stereocenters. The average molecular weight is 460 g/mol. The highest BCUT2D eigenvalue weighted by molar-refractivity contribution is 5.59. The molecule has 3 saturated carbocycles. The molecule has 182 valence electrons. The molecule has 4 bridgehead atoms. The first kappa shape index (κ1) is 22.3. The molecule has 2 spiro atoms. The maximum Gasteiger partial charge on any atom is 0.138 e. The average Bonchev–Trinajstić information content (AvgIpc) is 3.20. The molecule has 1 saturated heterocycles. The number of ether oxygens (including phenoxy) is 6. The van der Waals surface area contributed by atoms with Crippen molar-refractivity contribution < 1.29 is 28.4 Å². The van der Waals surface area contributed by atoms with E-state index in [0.717, 1.165) is 50.8 Å². The summed E-state index contributed by atoms with van der Waals surface area (Å²) in [5, 5.41) is 3.85. The summed E-state index contributed by atoms with van der Waals surface area (Å²) in [6.07, 6.45) is 6.26. The van der Waals surface area contributed by atoms with Crippen LogP contribution in [0.1, 0.15) is 43.2 Å². The molecule has 0 amide bonds. The standard InChI is InChI=1S/C26H37NO6/c1-28-12-13-30-14-15-31-16-17-32-23-6-8-24(9-7-23)25-10-11-27-26(24,29-2)18-19-4-3-5-20(21(19)25)33-22(23)25/h3-5,22,27H,6-18H2,1-2H3. The first-order valence-electron chi connectivity index (χ1n) is 12.5. The van der Waals surface area contributed by atoms with E-state index in [9.17, 15) is 0 Å². The number of hydrogen-bond acceptors (Lipinski definition) is 7. The minimum absolute atomic E-state index is 0.0367. The highest BCUT2D eigenvalue weighted by Gasteiger charge is 2.81. The van der Waals surface area contributed by atoms with Crippen LogP contribution in [0, 0.1) is 5.41 Å².